The fourth-order valence-corrected chi connectivity index (χ4v) is 3.56. The summed E-state index contributed by atoms with van der Waals surface area (Å²) in [5.74, 6) is 0. The Hall–Kier alpha value is -1.74. The highest BCUT2D eigenvalue weighted by atomic mass is 35.5. The van der Waals surface area contributed by atoms with Gasteiger partial charge in [0.2, 0.25) is 0 Å². The van der Waals surface area contributed by atoms with Crippen molar-refractivity contribution in [2.45, 2.75) is 19.9 Å². The molecule has 0 radical (unpaired) electrons. The first-order valence-electron chi connectivity index (χ1n) is 7.82. The van der Waals surface area contributed by atoms with Crippen molar-refractivity contribution < 1.29 is 0 Å². The first-order valence-corrected chi connectivity index (χ1v) is 8.95. The zero-order valence-electron chi connectivity index (χ0n) is 13.6. The quantitative estimate of drug-likeness (QED) is 0.553. The average molecular weight is 393 g/mol. The van der Waals surface area contributed by atoms with Gasteiger partial charge in [0.05, 0.1) is 0 Å². The normalized spacial score (nSPS) is 10.9. The maximum absolute atomic E-state index is 12.4. The van der Waals surface area contributed by atoms with E-state index in [0.717, 1.165) is 16.8 Å². The van der Waals surface area contributed by atoms with Crippen LogP contribution in [0.25, 0.3) is 0 Å². The van der Waals surface area contributed by atoms with Gasteiger partial charge in [-0.3, -0.25) is 4.79 Å². The highest BCUT2D eigenvalue weighted by Crippen LogP contribution is 2.27. The smallest absolute Gasteiger partial charge is 0.185 e. The highest BCUT2D eigenvalue weighted by molar-refractivity contribution is 6.36. The minimum atomic E-state index is -0.0177. The van der Waals surface area contributed by atoms with Gasteiger partial charge in [0, 0.05) is 51.6 Å². The van der Waals surface area contributed by atoms with E-state index in [1.165, 1.54) is 0 Å². The van der Waals surface area contributed by atoms with Crippen molar-refractivity contribution in [2.75, 3.05) is 0 Å². The number of hydrogen-bond acceptors (Lipinski definition) is 1. The molecule has 25 heavy (non-hydrogen) atoms. The fourth-order valence-electron chi connectivity index (χ4n) is 2.82. The van der Waals surface area contributed by atoms with E-state index in [0.29, 0.717) is 33.6 Å². The van der Waals surface area contributed by atoms with Crippen LogP contribution in [-0.2, 0) is 13.0 Å². The predicted octanol–water partition coefficient (Wildman–Crippen LogP) is 5.76. The summed E-state index contributed by atoms with van der Waals surface area (Å²) in [6.07, 6.45) is 2.20. The zero-order chi connectivity index (χ0) is 18.0. The molecule has 0 N–H and O–H groups in total. The Morgan fingerprint density at radius 3 is 2.28 bits per heavy atom. The lowest BCUT2D eigenvalue weighted by molar-refractivity contribution is 0.744. The number of halogens is 3. The van der Waals surface area contributed by atoms with Crippen molar-refractivity contribution in [3.8, 4) is 0 Å². The molecule has 1 heterocycles. The van der Waals surface area contributed by atoms with Gasteiger partial charge in [-0.15, -0.1) is 0 Å². The summed E-state index contributed by atoms with van der Waals surface area (Å²) in [5, 5.41) is 1.83. The number of pyridine rings is 1. The van der Waals surface area contributed by atoms with Crippen LogP contribution < -0.4 is 5.43 Å². The van der Waals surface area contributed by atoms with Gasteiger partial charge >= 0.3 is 0 Å². The van der Waals surface area contributed by atoms with Crippen molar-refractivity contribution in [1.29, 1.82) is 0 Å². The predicted molar refractivity (Wildman–Crippen MR) is 105 cm³/mol. The Balaban J connectivity index is 1.99. The van der Waals surface area contributed by atoms with Gasteiger partial charge in [-0.05, 0) is 42.3 Å². The largest absolute Gasteiger partial charge is 0.347 e. The Morgan fingerprint density at radius 2 is 1.60 bits per heavy atom. The van der Waals surface area contributed by atoms with Crippen LogP contribution in [0.3, 0.4) is 0 Å². The second-order valence-electron chi connectivity index (χ2n) is 5.88. The Bertz CT molecular complexity index is 959. The maximum Gasteiger partial charge on any atom is 0.185 e. The first-order chi connectivity index (χ1) is 12.0. The van der Waals surface area contributed by atoms with Crippen LogP contribution in [0, 0.1) is 6.92 Å². The third-order valence-corrected chi connectivity index (χ3v) is 5.17. The topological polar surface area (TPSA) is 22.0 Å². The molecule has 0 saturated carbocycles. The molecule has 2 nitrogen and oxygen atoms in total. The number of hydrogen-bond donors (Lipinski definition) is 0. The number of aromatic nitrogens is 1. The summed E-state index contributed by atoms with van der Waals surface area (Å²) in [6.45, 7) is 2.57. The molecule has 0 unspecified atom stereocenters. The highest BCUT2D eigenvalue weighted by Gasteiger charge is 2.13. The molecule has 3 rings (SSSR count). The monoisotopic (exact) mass is 391 g/mol. The van der Waals surface area contributed by atoms with Crippen LogP contribution in [0.2, 0.25) is 15.1 Å². The first kappa shape index (κ1) is 18.1. The van der Waals surface area contributed by atoms with E-state index in [1.54, 1.807) is 30.5 Å². The summed E-state index contributed by atoms with van der Waals surface area (Å²) in [6, 6.07) is 14.6. The zero-order valence-corrected chi connectivity index (χ0v) is 15.9. The van der Waals surface area contributed by atoms with E-state index in [2.05, 4.69) is 0 Å². The molecular weight excluding hydrogens is 377 g/mol. The molecule has 0 aliphatic carbocycles. The van der Waals surface area contributed by atoms with Gasteiger partial charge in [-0.1, -0.05) is 53.0 Å². The molecule has 0 bridgehead atoms. The van der Waals surface area contributed by atoms with Crippen molar-refractivity contribution in [3.05, 3.63) is 102 Å². The third-order valence-electron chi connectivity index (χ3n) is 4.23. The van der Waals surface area contributed by atoms with E-state index in [9.17, 15) is 4.79 Å². The summed E-state index contributed by atoms with van der Waals surface area (Å²) in [7, 11) is 0. The molecule has 0 fully saturated rings. The van der Waals surface area contributed by atoms with Crippen LogP contribution in [0.4, 0.5) is 0 Å². The van der Waals surface area contributed by atoms with Gasteiger partial charge in [0.25, 0.3) is 0 Å². The average Bonchev–Trinajstić information content (AvgIpc) is 2.56. The van der Waals surface area contributed by atoms with E-state index in [4.69, 9.17) is 34.8 Å². The molecule has 128 valence electrons. The van der Waals surface area contributed by atoms with Crippen LogP contribution in [0.5, 0.6) is 0 Å². The maximum atomic E-state index is 12.4. The van der Waals surface area contributed by atoms with Crippen molar-refractivity contribution in [3.63, 3.8) is 0 Å². The van der Waals surface area contributed by atoms with Gasteiger partial charge in [-0.25, -0.2) is 0 Å². The van der Waals surface area contributed by atoms with Crippen LogP contribution in [-0.4, -0.2) is 4.57 Å². The van der Waals surface area contributed by atoms with Gasteiger partial charge < -0.3 is 4.57 Å². The molecule has 0 saturated heterocycles. The second kappa shape index (κ2) is 7.65. The van der Waals surface area contributed by atoms with Gasteiger partial charge in [-0.2, -0.15) is 0 Å². The Labute approximate surface area is 161 Å². The molecule has 0 spiro atoms. The summed E-state index contributed by atoms with van der Waals surface area (Å²) in [4.78, 5) is 12.4. The van der Waals surface area contributed by atoms with Crippen molar-refractivity contribution in [2.24, 2.45) is 0 Å². The molecule has 0 aliphatic rings. The van der Waals surface area contributed by atoms with E-state index < -0.39 is 0 Å². The Kier molecular flexibility index (Phi) is 5.53. The Morgan fingerprint density at radius 1 is 0.920 bits per heavy atom. The number of nitrogens with zero attached hydrogens (tertiary/aromatic N) is 1. The van der Waals surface area contributed by atoms with Crippen LogP contribution >= 0.6 is 34.8 Å². The molecular formula is C20H16Cl3NO. The number of rotatable bonds is 4. The molecule has 0 amide bonds. The minimum absolute atomic E-state index is 0.0177. The molecule has 2 aromatic carbocycles. The molecule has 0 aliphatic heterocycles. The second-order valence-corrected chi connectivity index (χ2v) is 7.13. The molecule has 1 aromatic heterocycles. The lowest BCUT2D eigenvalue weighted by atomic mass is 10.0. The van der Waals surface area contributed by atoms with Crippen molar-refractivity contribution in [1.82, 2.24) is 4.57 Å². The molecule has 3 aromatic rings. The summed E-state index contributed by atoms with van der Waals surface area (Å²) >= 11 is 18.6. The van der Waals surface area contributed by atoms with E-state index in [1.807, 2.05) is 35.8 Å². The van der Waals surface area contributed by atoms with Crippen LogP contribution in [0.15, 0.2) is 59.5 Å². The lowest BCUT2D eigenvalue weighted by Gasteiger charge is -2.15. The van der Waals surface area contributed by atoms with Crippen molar-refractivity contribution >= 4 is 34.8 Å². The molecule has 0 atom stereocenters. The number of benzene rings is 2. The van der Waals surface area contributed by atoms with Crippen LogP contribution in [0.1, 0.15) is 22.4 Å². The fraction of sp³-hybridized carbons (Fsp3) is 0.150. The van der Waals surface area contributed by atoms with Gasteiger partial charge in [0.15, 0.2) is 5.43 Å². The minimum Gasteiger partial charge on any atom is -0.347 e. The van der Waals surface area contributed by atoms with E-state index >= 15 is 0 Å². The van der Waals surface area contributed by atoms with Gasteiger partial charge in [0.1, 0.15) is 0 Å². The summed E-state index contributed by atoms with van der Waals surface area (Å²) in [5.41, 5.74) is 3.41. The standard InChI is InChI=1S/C20H16Cl3NO/c1-13-16(11-17-18(22)6-3-7-19(17)23)20(25)8-9-24(13)12-14-4-2-5-15(21)10-14/h2-10H,11-12H2,1H3. The summed E-state index contributed by atoms with van der Waals surface area (Å²) < 4.78 is 2.03. The lowest BCUT2D eigenvalue weighted by Crippen LogP contribution is -2.17. The molecule has 5 heteroatoms. The SMILES string of the molecule is Cc1c(Cc2c(Cl)cccc2Cl)c(=O)ccn1Cc1cccc(Cl)c1. The van der Waals surface area contributed by atoms with E-state index in [-0.39, 0.29) is 5.43 Å². The third kappa shape index (κ3) is 4.09.